The summed E-state index contributed by atoms with van der Waals surface area (Å²) in [7, 11) is 0. The summed E-state index contributed by atoms with van der Waals surface area (Å²) in [6.45, 7) is 4.85. The van der Waals surface area contributed by atoms with Crippen molar-refractivity contribution in [3.8, 4) is 0 Å². The van der Waals surface area contributed by atoms with Crippen LogP contribution in [0.4, 0.5) is 5.69 Å². The van der Waals surface area contributed by atoms with Gasteiger partial charge < -0.3 is 14.5 Å². The van der Waals surface area contributed by atoms with Crippen LogP contribution < -0.4 is 5.32 Å². The van der Waals surface area contributed by atoms with Gasteiger partial charge in [0, 0.05) is 19.2 Å². The van der Waals surface area contributed by atoms with Gasteiger partial charge in [0.2, 0.25) is 0 Å². The zero-order valence-corrected chi connectivity index (χ0v) is 10.8. The van der Waals surface area contributed by atoms with Crippen LogP contribution in [0.5, 0.6) is 0 Å². The van der Waals surface area contributed by atoms with E-state index in [-0.39, 0.29) is 0 Å². The molecule has 2 aromatic rings. The Kier molecular flexibility index (Phi) is 2.96. The number of nitrogens with zero attached hydrogens (tertiary/aromatic N) is 1. The molecule has 4 nitrogen and oxygen atoms in total. The first-order valence-corrected chi connectivity index (χ1v) is 6.47. The number of nitrogens with one attached hydrogen (secondary N) is 1. The molecular weight excluding hydrogens is 228 g/mol. The van der Waals surface area contributed by atoms with Crippen molar-refractivity contribution in [2.75, 3.05) is 11.9 Å². The van der Waals surface area contributed by atoms with Gasteiger partial charge in [-0.15, -0.1) is 0 Å². The van der Waals surface area contributed by atoms with Crippen molar-refractivity contribution in [1.82, 2.24) is 4.98 Å². The van der Waals surface area contributed by atoms with Gasteiger partial charge in [-0.3, -0.25) is 0 Å². The van der Waals surface area contributed by atoms with E-state index in [1.165, 1.54) is 0 Å². The van der Waals surface area contributed by atoms with E-state index in [2.05, 4.69) is 17.2 Å². The number of hydrogen-bond acceptors (Lipinski definition) is 4. The monoisotopic (exact) mass is 246 g/mol. The molecule has 0 bridgehead atoms. The summed E-state index contributed by atoms with van der Waals surface area (Å²) in [5.41, 5.74) is 2.81. The molecule has 1 saturated heterocycles. The molecule has 0 amide bonds. The lowest BCUT2D eigenvalue weighted by Gasteiger charge is -2.12. The fourth-order valence-corrected chi connectivity index (χ4v) is 2.42. The van der Waals surface area contributed by atoms with Gasteiger partial charge >= 0.3 is 0 Å². The number of benzene rings is 1. The van der Waals surface area contributed by atoms with Crippen molar-refractivity contribution < 1.29 is 9.15 Å². The first-order chi connectivity index (χ1) is 8.70. The second kappa shape index (κ2) is 4.61. The van der Waals surface area contributed by atoms with Gasteiger partial charge in [-0.25, -0.2) is 4.98 Å². The predicted octanol–water partition coefficient (Wildman–Crippen LogP) is 3.12. The third kappa shape index (κ3) is 2.34. The second-order valence-corrected chi connectivity index (χ2v) is 4.94. The summed E-state index contributed by atoms with van der Waals surface area (Å²) in [5, 5.41) is 3.40. The highest BCUT2D eigenvalue weighted by Gasteiger charge is 2.21. The average Bonchev–Trinajstić information content (AvgIpc) is 2.90. The molecule has 0 spiro atoms. The van der Waals surface area contributed by atoms with E-state index in [1.807, 2.05) is 25.1 Å². The molecule has 1 N–H and O–H groups in total. The van der Waals surface area contributed by atoms with Crippen molar-refractivity contribution >= 4 is 16.8 Å². The number of ether oxygens (including phenoxy) is 1. The highest BCUT2D eigenvalue weighted by molar-refractivity contribution is 5.77. The molecule has 18 heavy (non-hydrogen) atoms. The zero-order chi connectivity index (χ0) is 12.5. The molecule has 2 unspecified atom stereocenters. The summed E-state index contributed by atoms with van der Waals surface area (Å²) in [6, 6.07) is 5.99. The summed E-state index contributed by atoms with van der Waals surface area (Å²) in [5.74, 6) is 0.704. The van der Waals surface area contributed by atoms with Gasteiger partial charge in [-0.05, 0) is 38.0 Å². The molecule has 96 valence electrons. The van der Waals surface area contributed by atoms with E-state index in [0.717, 1.165) is 36.2 Å². The van der Waals surface area contributed by atoms with Gasteiger partial charge in [0.1, 0.15) is 5.52 Å². The first-order valence-electron chi connectivity index (χ1n) is 6.47. The second-order valence-electron chi connectivity index (χ2n) is 4.94. The van der Waals surface area contributed by atoms with Gasteiger partial charge in [0.25, 0.3) is 0 Å². The molecule has 1 aromatic heterocycles. The summed E-state index contributed by atoms with van der Waals surface area (Å²) in [4.78, 5) is 4.33. The quantitative estimate of drug-likeness (QED) is 0.904. The molecule has 2 heterocycles. The molecule has 4 heteroatoms. The average molecular weight is 246 g/mol. The number of anilines is 1. The summed E-state index contributed by atoms with van der Waals surface area (Å²) < 4.78 is 11.2. The number of aromatic nitrogens is 1. The summed E-state index contributed by atoms with van der Waals surface area (Å²) >= 11 is 0. The smallest absolute Gasteiger partial charge is 0.192 e. The molecule has 3 rings (SSSR count). The molecule has 0 aliphatic carbocycles. The molecule has 1 aliphatic heterocycles. The van der Waals surface area contributed by atoms with Crippen LogP contribution in [-0.4, -0.2) is 23.7 Å². The SMILES string of the molecule is Cc1nc2cc(NCC3CCC(C)O3)ccc2o1. The fraction of sp³-hybridized carbons (Fsp3) is 0.500. The molecule has 0 radical (unpaired) electrons. The van der Waals surface area contributed by atoms with E-state index in [9.17, 15) is 0 Å². The maximum absolute atomic E-state index is 5.78. The van der Waals surface area contributed by atoms with Crippen LogP contribution in [0.3, 0.4) is 0 Å². The Morgan fingerprint density at radius 3 is 3.06 bits per heavy atom. The van der Waals surface area contributed by atoms with E-state index in [4.69, 9.17) is 9.15 Å². The van der Waals surface area contributed by atoms with Crippen LogP contribution in [0.15, 0.2) is 22.6 Å². The van der Waals surface area contributed by atoms with E-state index >= 15 is 0 Å². The van der Waals surface area contributed by atoms with Crippen LogP contribution in [0.2, 0.25) is 0 Å². The predicted molar refractivity (Wildman–Crippen MR) is 70.8 cm³/mol. The van der Waals surface area contributed by atoms with Crippen LogP contribution in [0.1, 0.15) is 25.7 Å². The van der Waals surface area contributed by atoms with Gasteiger partial charge in [0.05, 0.1) is 12.2 Å². The third-order valence-electron chi connectivity index (χ3n) is 3.35. The molecular formula is C14H18N2O2. The van der Waals surface area contributed by atoms with Crippen LogP contribution in [-0.2, 0) is 4.74 Å². The normalized spacial score (nSPS) is 23.7. The van der Waals surface area contributed by atoms with Crippen LogP contribution in [0, 0.1) is 6.92 Å². The lowest BCUT2D eigenvalue weighted by atomic mass is 10.2. The van der Waals surface area contributed by atoms with E-state index in [1.54, 1.807) is 0 Å². The van der Waals surface area contributed by atoms with Crippen molar-refractivity contribution in [2.45, 2.75) is 38.9 Å². The maximum atomic E-state index is 5.78. The Bertz CT molecular complexity index is 550. The van der Waals surface area contributed by atoms with E-state index in [0.29, 0.717) is 18.1 Å². The fourth-order valence-electron chi connectivity index (χ4n) is 2.42. The standard InChI is InChI=1S/C14H18N2O2/c1-9-3-5-12(17-9)8-15-11-4-6-14-13(7-11)16-10(2)18-14/h4,6-7,9,12,15H,3,5,8H2,1-2H3. The molecule has 2 atom stereocenters. The maximum Gasteiger partial charge on any atom is 0.192 e. The Hall–Kier alpha value is -1.55. The number of oxazole rings is 1. The summed E-state index contributed by atoms with van der Waals surface area (Å²) in [6.07, 6.45) is 3.03. The van der Waals surface area contributed by atoms with Crippen LogP contribution >= 0.6 is 0 Å². The lowest BCUT2D eigenvalue weighted by molar-refractivity contribution is 0.0637. The Morgan fingerprint density at radius 2 is 2.28 bits per heavy atom. The van der Waals surface area contributed by atoms with Crippen molar-refractivity contribution in [2.24, 2.45) is 0 Å². The first kappa shape index (κ1) is 11.5. The Labute approximate surface area is 106 Å². The lowest BCUT2D eigenvalue weighted by Crippen LogP contribution is -2.19. The molecule has 1 fully saturated rings. The largest absolute Gasteiger partial charge is 0.441 e. The van der Waals surface area contributed by atoms with Gasteiger partial charge in [-0.2, -0.15) is 0 Å². The minimum atomic E-state index is 0.328. The number of hydrogen-bond donors (Lipinski definition) is 1. The molecule has 1 aliphatic rings. The number of aryl methyl sites for hydroxylation is 1. The minimum Gasteiger partial charge on any atom is -0.441 e. The van der Waals surface area contributed by atoms with Crippen molar-refractivity contribution in [1.29, 1.82) is 0 Å². The highest BCUT2D eigenvalue weighted by atomic mass is 16.5. The van der Waals surface area contributed by atoms with Crippen molar-refractivity contribution in [3.63, 3.8) is 0 Å². The number of rotatable bonds is 3. The minimum absolute atomic E-state index is 0.328. The highest BCUT2D eigenvalue weighted by Crippen LogP contribution is 2.22. The zero-order valence-electron chi connectivity index (χ0n) is 10.8. The van der Waals surface area contributed by atoms with Gasteiger partial charge in [-0.1, -0.05) is 0 Å². The van der Waals surface area contributed by atoms with Gasteiger partial charge in [0.15, 0.2) is 11.5 Å². The topological polar surface area (TPSA) is 47.3 Å². The third-order valence-corrected chi connectivity index (χ3v) is 3.35. The Balaban J connectivity index is 1.67. The van der Waals surface area contributed by atoms with E-state index < -0.39 is 0 Å². The van der Waals surface area contributed by atoms with Crippen molar-refractivity contribution in [3.05, 3.63) is 24.1 Å². The Morgan fingerprint density at radius 1 is 1.39 bits per heavy atom. The van der Waals surface area contributed by atoms with Crippen LogP contribution in [0.25, 0.3) is 11.1 Å². The number of fused-ring (bicyclic) bond motifs is 1. The molecule has 1 aromatic carbocycles. The molecule has 0 saturated carbocycles.